The summed E-state index contributed by atoms with van der Waals surface area (Å²) in [7, 11) is 0. The van der Waals surface area contributed by atoms with Crippen molar-refractivity contribution in [3.8, 4) is 0 Å². The minimum Gasteiger partial charge on any atom is -0.335 e. The van der Waals surface area contributed by atoms with E-state index in [0.717, 1.165) is 36.3 Å². The molecule has 106 valence electrons. The number of urea groups is 1. The summed E-state index contributed by atoms with van der Waals surface area (Å²) < 4.78 is 0. The summed E-state index contributed by atoms with van der Waals surface area (Å²) in [6, 6.07) is 8.03. The highest BCUT2D eigenvalue weighted by Gasteiger charge is 2.11. The largest absolute Gasteiger partial charge is 0.335 e. The molecule has 0 atom stereocenters. The highest BCUT2D eigenvalue weighted by atomic mass is 32.2. The highest BCUT2D eigenvalue weighted by molar-refractivity contribution is 7.98. The Morgan fingerprint density at radius 1 is 1.21 bits per heavy atom. The Kier molecular flexibility index (Phi) is 7.41. The normalized spacial score (nSPS) is 10.5. The molecule has 0 heterocycles. The number of hydrogen-bond donors (Lipinski definition) is 2. The molecule has 0 bridgehead atoms. The molecule has 0 aliphatic heterocycles. The molecule has 1 rings (SSSR count). The van der Waals surface area contributed by atoms with Crippen LogP contribution in [-0.4, -0.2) is 18.3 Å². The van der Waals surface area contributed by atoms with Crippen LogP contribution in [0.5, 0.6) is 0 Å². The van der Waals surface area contributed by atoms with Crippen molar-refractivity contribution in [3.63, 3.8) is 0 Å². The Bertz CT molecular complexity index is 389. The first kappa shape index (κ1) is 15.9. The van der Waals surface area contributed by atoms with Gasteiger partial charge < -0.3 is 10.6 Å². The average molecular weight is 280 g/mol. The Morgan fingerprint density at radius 3 is 2.42 bits per heavy atom. The number of thioether (sulfide) groups is 1. The van der Waals surface area contributed by atoms with E-state index in [1.54, 1.807) is 11.8 Å². The standard InChI is InChI=1S/C15H24N2OS/c1-4-8-12(9-5-2)16-15(18)17-13-10-6-7-11-14(13)19-3/h6-7,10-12H,4-5,8-9H2,1-3H3,(H2,16,17,18). The molecular formula is C15H24N2OS. The lowest BCUT2D eigenvalue weighted by Crippen LogP contribution is -2.37. The van der Waals surface area contributed by atoms with Gasteiger partial charge in [0.05, 0.1) is 5.69 Å². The number of amides is 2. The number of carbonyl (C=O) groups is 1. The summed E-state index contributed by atoms with van der Waals surface area (Å²) in [6.07, 6.45) is 6.25. The first-order chi connectivity index (χ1) is 9.21. The third kappa shape index (κ3) is 5.55. The van der Waals surface area contributed by atoms with Crippen LogP contribution in [0.25, 0.3) is 0 Å². The molecule has 19 heavy (non-hydrogen) atoms. The number of rotatable bonds is 7. The highest BCUT2D eigenvalue weighted by Crippen LogP contribution is 2.24. The van der Waals surface area contributed by atoms with Gasteiger partial charge in [0.15, 0.2) is 0 Å². The maximum atomic E-state index is 12.0. The van der Waals surface area contributed by atoms with Gasteiger partial charge in [0, 0.05) is 10.9 Å². The molecule has 0 saturated carbocycles. The lowest BCUT2D eigenvalue weighted by molar-refractivity contribution is 0.246. The fourth-order valence-corrected chi connectivity index (χ4v) is 2.63. The van der Waals surface area contributed by atoms with Crippen LogP contribution >= 0.6 is 11.8 Å². The molecule has 2 amide bonds. The molecule has 1 aromatic carbocycles. The Morgan fingerprint density at radius 2 is 1.84 bits per heavy atom. The van der Waals surface area contributed by atoms with E-state index in [-0.39, 0.29) is 12.1 Å². The third-order valence-corrected chi connectivity index (χ3v) is 3.76. The topological polar surface area (TPSA) is 41.1 Å². The number of anilines is 1. The summed E-state index contributed by atoms with van der Waals surface area (Å²) in [6.45, 7) is 4.29. The van der Waals surface area contributed by atoms with E-state index in [0.29, 0.717) is 0 Å². The Hall–Kier alpha value is -1.16. The second kappa shape index (κ2) is 8.86. The summed E-state index contributed by atoms with van der Waals surface area (Å²) in [5.74, 6) is 0. The quantitative estimate of drug-likeness (QED) is 0.722. The van der Waals surface area contributed by atoms with Gasteiger partial charge in [-0.3, -0.25) is 0 Å². The zero-order chi connectivity index (χ0) is 14.1. The predicted molar refractivity (Wildman–Crippen MR) is 84.0 cm³/mol. The van der Waals surface area contributed by atoms with Crippen molar-refractivity contribution in [3.05, 3.63) is 24.3 Å². The van der Waals surface area contributed by atoms with Crippen LogP contribution in [0.3, 0.4) is 0 Å². The maximum absolute atomic E-state index is 12.0. The summed E-state index contributed by atoms with van der Waals surface area (Å²) in [5.41, 5.74) is 0.874. The minimum absolute atomic E-state index is 0.103. The SMILES string of the molecule is CCCC(CCC)NC(=O)Nc1ccccc1SC. The molecule has 2 N–H and O–H groups in total. The predicted octanol–water partition coefficient (Wildman–Crippen LogP) is 4.50. The molecule has 0 fully saturated rings. The maximum Gasteiger partial charge on any atom is 0.319 e. The lowest BCUT2D eigenvalue weighted by atomic mass is 10.1. The van der Waals surface area contributed by atoms with Gasteiger partial charge in [-0.05, 0) is 31.2 Å². The van der Waals surface area contributed by atoms with Crippen LogP contribution in [0, 0.1) is 0 Å². The van der Waals surface area contributed by atoms with Crippen molar-refractivity contribution in [2.45, 2.75) is 50.5 Å². The molecule has 0 aliphatic rings. The number of carbonyl (C=O) groups excluding carboxylic acids is 1. The van der Waals surface area contributed by atoms with Gasteiger partial charge in [-0.25, -0.2) is 4.79 Å². The van der Waals surface area contributed by atoms with E-state index >= 15 is 0 Å². The smallest absolute Gasteiger partial charge is 0.319 e. The van der Waals surface area contributed by atoms with Crippen molar-refractivity contribution in [1.29, 1.82) is 0 Å². The van der Waals surface area contributed by atoms with Crippen molar-refractivity contribution >= 4 is 23.5 Å². The van der Waals surface area contributed by atoms with Gasteiger partial charge >= 0.3 is 6.03 Å². The fraction of sp³-hybridized carbons (Fsp3) is 0.533. The van der Waals surface area contributed by atoms with Gasteiger partial charge in [-0.2, -0.15) is 0 Å². The van der Waals surface area contributed by atoms with E-state index in [2.05, 4.69) is 24.5 Å². The second-order valence-corrected chi connectivity index (χ2v) is 5.42. The fourth-order valence-electron chi connectivity index (χ4n) is 2.08. The summed E-state index contributed by atoms with van der Waals surface area (Å²) in [5, 5.41) is 6.00. The van der Waals surface area contributed by atoms with Crippen molar-refractivity contribution < 1.29 is 4.79 Å². The average Bonchev–Trinajstić information content (AvgIpc) is 2.40. The number of benzene rings is 1. The van der Waals surface area contributed by atoms with Gasteiger partial charge in [0.2, 0.25) is 0 Å². The van der Waals surface area contributed by atoms with Crippen LogP contribution in [0.4, 0.5) is 10.5 Å². The molecule has 0 aliphatic carbocycles. The van der Waals surface area contributed by atoms with Crippen molar-refractivity contribution in [1.82, 2.24) is 5.32 Å². The van der Waals surface area contributed by atoms with Crippen molar-refractivity contribution in [2.75, 3.05) is 11.6 Å². The molecule has 4 heteroatoms. The summed E-state index contributed by atoms with van der Waals surface area (Å²) in [4.78, 5) is 13.1. The van der Waals surface area contributed by atoms with Gasteiger partial charge in [0.25, 0.3) is 0 Å². The van der Waals surface area contributed by atoms with Crippen molar-refractivity contribution in [2.24, 2.45) is 0 Å². The molecule has 0 unspecified atom stereocenters. The van der Waals surface area contributed by atoms with Gasteiger partial charge in [0.1, 0.15) is 0 Å². The Balaban J connectivity index is 2.58. The molecule has 0 saturated heterocycles. The van der Waals surface area contributed by atoms with Crippen LogP contribution < -0.4 is 10.6 Å². The first-order valence-corrected chi connectivity index (χ1v) is 8.14. The molecule has 3 nitrogen and oxygen atoms in total. The van der Waals surface area contributed by atoms with E-state index in [4.69, 9.17) is 0 Å². The molecule has 0 spiro atoms. The number of nitrogens with one attached hydrogen (secondary N) is 2. The van der Waals surface area contributed by atoms with E-state index in [9.17, 15) is 4.79 Å². The van der Waals surface area contributed by atoms with E-state index in [1.165, 1.54) is 0 Å². The van der Waals surface area contributed by atoms with Crippen LogP contribution in [0.1, 0.15) is 39.5 Å². The van der Waals surface area contributed by atoms with E-state index < -0.39 is 0 Å². The second-order valence-electron chi connectivity index (χ2n) is 4.57. The van der Waals surface area contributed by atoms with Crippen LogP contribution in [0.15, 0.2) is 29.2 Å². The lowest BCUT2D eigenvalue weighted by Gasteiger charge is -2.18. The number of para-hydroxylation sites is 1. The molecule has 1 aromatic rings. The Labute approximate surface area is 120 Å². The first-order valence-electron chi connectivity index (χ1n) is 6.91. The zero-order valence-electron chi connectivity index (χ0n) is 12.0. The van der Waals surface area contributed by atoms with E-state index in [1.807, 2.05) is 30.5 Å². The molecule has 0 aromatic heterocycles. The minimum atomic E-state index is -0.103. The van der Waals surface area contributed by atoms with Crippen LogP contribution in [-0.2, 0) is 0 Å². The van der Waals surface area contributed by atoms with Gasteiger partial charge in [-0.1, -0.05) is 38.8 Å². The zero-order valence-corrected chi connectivity index (χ0v) is 12.8. The molecule has 0 radical (unpaired) electrons. The van der Waals surface area contributed by atoms with Crippen LogP contribution in [0.2, 0.25) is 0 Å². The monoisotopic (exact) mass is 280 g/mol. The molecular weight excluding hydrogens is 256 g/mol. The third-order valence-electron chi connectivity index (χ3n) is 2.96. The van der Waals surface area contributed by atoms with Gasteiger partial charge in [-0.15, -0.1) is 11.8 Å². The number of hydrogen-bond acceptors (Lipinski definition) is 2. The summed E-state index contributed by atoms with van der Waals surface area (Å²) >= 11 is 1.63.